The molecular formula is C40H48O12. The summed E-state index contributed by atoms with van der Waals surface area (Å²) in [5, 5.41) is 17.5. The number of carbonyl (C=O) groups excluding carboxylic acids is 3. The molecule has 3 aromatic rings. The van der Waals surface area contributed by atoms with E-state index in [0.717, 1.165) is 38.5 Å². The molecule has 0 unspecified atom stereocenters. The topological polar surface area (TPSA) is 172 Å². The summed E-state index contributed by atoms with van der Waals surface area (Å²) in [5.41, 5.74) is 0.374. The van der Waals surface area contributed by atoms with Crippen molar-refractivity contribution in [3.05, 3.63) is 83.4 Å². The summed E-state index contributed by atoms with van der Waals surface area (Å²) >= 11 is 0. The fourth-order valence-corrected chi connectivity index (χ4v) is 4.96. The lowest BCUT2D eigenvalue weighted by atomic mass is 10.1. The van der Waals surface area contributed by atoms with Crippen LogP contribution in [0.3, 0.4) is 0 Å². The highest BCUT2D eigenvalue weighted by Crippen LogP contribution is 2.28. The Morgan fingerprint density at radius 1 is 0.500 bits per heavy atom. The van der Waals surface area contributed by atoms with E-state index in [9.17, 15) is 24.0 Å². The van der Waals surface area contributed by atoms with Crippen molar-refractivity contribution in [2.75, 3.05) is 19.8 Å². The molecule has 0 radical (unpaired) electrons. The maximum absolute atomic E-state index is 13.2. The predicted octanol–water partition coefficient (Wildman–Crippen LogP) is 8.30. The third kappa shape index (κ3) is 15.7. The van der Waals surface area contributed by atoms with Gasteiger partial charge in [-0.1, -0.05) is 32.6 Å². The first-order valence-electron chi connectivity index (χ1n) is 17.8. The Hall–Kier alpha value is -5.39. The lowest BCUT2D eigenvalue weighted by Crippen LogP contribution is -2.14. The first-order valence-corrected chi connectivity index (χ1v) is 17.8. The zero-order valence-corrected chi connectivity index (χ0v) is 29.6. The number of carboxylic acids is 2. The van der Waals surface area contributed by atoms with Crippen molar-refractivity contribution in [1.82, 2.24) is 0 Å². The quantitative estimate of drug-likeness (QED) is 0.0488. The van der Waals surface area contributed by atoms with Crippen LogP contribution in [0.4, 0.5) is 0 Å². The second-order valence-corrected chi connectivity index (χ2v) is 12.1. The van der Waals surface area contributed by atoms with Gasteiger partial charge in [0.2, 0.25) is 0 Å². The summed E-state index contributed by atoms with van der Waals surface area (Å²) < 4.78 is 28.0. The van der Waals surface area contributed by atoms with Crippen LogP contribution < -0.4 is 18.9 Å². The highest BCUT2D eigenvalue weighted by Gasteiger charge is 2.21. The molecule has 0 bridgehead atoms. The zero-order valence-electron chi connectivity index (χ0n) is 29.6. The van der Waals surface area contributed by atoms with E-state index in [2.05, 4.69) is 6.92 Å². The van der Waals surface area contributed by atoms with Crippen LogP contribution in [0, 0.1) is 0 Å². The van der Waals surface area contributed by atoms with Gasteiger partial charge in [0.05, 0.1) is 30.9 Å². The second-order valence-electron chi connectivity index (χ2n) is 12.1. The number of carbonyl (C=O) groups is 5. The first kappa shape index (κ1) is 41.0. The summed E-state index contributed by atoms with van der Waals surface area (Å²) in [7, 11) is 0. The van der Waals surface area contributed by atoms with Crippen molar-refractivity contribution >= 4 is 29.8 Å². The van der Waals surface area contributed by atoms with Gasteiger partial charge >= 0.3 is 29.8 Å². The van der Waals surface area contributed by atoms with Crippen LogP contribution in [0.15, 0.2) is 66.7 Å². The standard InChI is InChI=1S/C40H48O12/c1-2-3-4-5-10-27-50-40(47)34-28-33(51-38(45)29-15-19-31(20-16-29)48-25-11-6-8-13-36(41)42)23-24-35(34)52-39(46)30-17-21-32(22-18-30)49-26-12-7-9-14-37(43)44/h15-24,28H,2-14,25-27H2,1H3,(H,41,42)(H,43,44). The molecular weight excluding hydrogens is 672 g/mol. The third-order valence-electron chi connectivity index (χ3n) is 7.85. The summed E-state index contributed by atoms with van der Waals surface area (Å²) in [6, 6.07) is 16.7. The molecule has 52 heavy (non-hydrogen) atoms. The van der Waals surface area contributed by atoms with Gasteiger partial charge in [-0.05, 0) is 112 Å². The molecule has 3 aromatic carbocycles. The number of hydrogen-bond acceptors (Lipinski definition) is 10. The summed E-state index contributed by atoms with van der Waals surface area (Å²) in [4.78, 5) is 60.5. The third-order valence-corrected chi connectivity index (χ3v) is 7.85. The number of benzene rings is 3. The van der Waals surface area contributed by atoms with Gasteiger partial charge in [0, 0.05) is 12.8 Å². The van der Waals surface area contributed by atoms with E-state index in [0.29, 0.717) is 56.8 Å². The Morgan fingerprint density at radius 2 is 0.962 bits per heavy atom. The van der Waals surface area contributed by atoms with Gasteiger partial charge in [0.1, 0.15) is 28.6 Å². The molecule has 2 N–H and O–H groups in total. The second kappa shape index (κ2) is 23.2. The van der Waals surface area contributed by atoms with Crippen LogP contribution in [0.25, 0.3) is 0 Å². The van der Waals surface area contributed by atoms with Crippen molar-refractivity contribution in [1.29, 1.82) is 0 Å². The molecule has 280 valence electrons. The highest BCUT2D eigenvalue weighted by atomic mass is 16.6. The van der Waals surface area contributed by atoms with E-state index >= 15 is 0 Å². The van der Waals surface area contributed by atoms with Crippen LogP contribution in [-0.4, -0.2) is 59.9 Å². The highest BCUT2D eigenvalue weighted by molar-refractivity contribution is 5.97. The number of esters is 3. The maximum Gasteiger partial charge on any atom is 0.343 e. The van der Waals surface area contributed by atoms with Crippen LogP contribution in [0.2, 0.25) is 0 Å². The number of aliphatic carboxylic acids is 2. The fraction of sp³-hybridized carbons (Fsp3) is 0.425. The Kier molecular flexibility index (Phi) is 18.3. The van der Waals surface area contributed by atoms with Crippen LogP contribution in [0.1, 0.15) is 121 Å². The molecule has 0 atom stereocenters. The van der Waals surface area contributed by atoms with E-state index < -0.39 is 29.8 Å². The van der Waals surface area contributed by atoms with E-state index in [4.69, 9.17) is 33.9 Å². The van der Waals surface area contributed by atoms with Crippen LogP contribution >= 0.6 is 0 Å². The van der Waals surface area contributed by atoms with Gasteiger partial charge in [0.25, 0.3) is 0 Å². The number of unbranched alkanes of at least 4 members (excludes halogenated alkanes) is 8. The van der Waals surface area contributed by atoms with E-state index in [1.54, 1.807) is 36.4 Å². The van der Waals surface area contributed by atoms with Crippen molar-refractivity contribution in [3.63, 3.8) is 0 Å². The minimum Gasteiger partial charge on any atom is -0.494 e. The van der Waals surface area contributed by atoms with Gasteiger partial charge < -0.3 is 33.9 Å². The smallest absolute Gasteiger partial charge is 0.343 e. The van der Waals surface area contributed by atoms with Crippen molar-refractivity contribution < 1.29 is 57.9 Å². The summed E-state index contributed by atoms with van der Waals surface area (Å²) in [6.45, 7) is 3.11. The Labute approximate surface area is 304 Å². The molecule has 0 aliphatic heterocycles. The Morgan fingerprint density at radius 3 is 1.48 bits per heavy atom. The van der Waals surface area contributed by atoms with Gasteiger partial charge in [-0.25, -0.2) is 14.4 Å². The molecule has 12 heteroatoms. The molecule has 0 heterocycles. The summed E-state index contributed by atoms with van der Waals surface area (Å²) in [5.74, 6) is -2.70. The summed E-state index contributed by atoms with van der Waals surface area (Å²) in [6.07, 6.45) is 9.04. The van der Waals surface area contributed by atoms with Gasteiger partial charge in [-0.3, -0.25) is 9.59 Å². The number of hydrogen-bond donors (Lipinski definition) is 2. The Balaban J connectivity index is 1.62. The van der Waals surface area contributed by atoms with Crippen molar-refractivity contribution in [2.24, 2.45) is 0 Å². The van der Waals surface area contributed by atoms with Crippen molar-refractivity contribution in [2.45, 2.75) is 90.4 Å². The monoisotopic (exact) mass is 720 g/mol. The normalized spacial score (nSPS) is 10.6. The zero-order chi connectivity index (χ0) is 37.6. The molecule has 0 aliphatic rings. The van der Waals surface area contributed by atoms with Crippen LogP contribution in [0.5, 0.6) is 23.0 Å². The fourth-order valence-electron chi connectivity index (χ4n) is 4.96. The van der Waals surface area contributed by atoms with E-state index in [1.165, 1.54) is 30.3 Å². The largest absolute Gasteiger partial charge is 0.494 e. The van der Waals surface area contributed by atoms with Crippen LogP contribution in [-0.2, 0) is 14.3 Å². The maximum atomic E-state index is 13.2. The van der Waals surface area contributed by atoms with Gasteiger partial charge in [-0.15, -0.1) is 0 Å². The Bertz CT molecular complexity index is 1580. The van der Waals surface area contributed by atoms with E-state index in [-0.39, 0.29) is 47.6 Å². The lowest BCUT2D eigenvalue weighted by molar-refractivity contribution is -0.138. The molecule has 0 aliphatic carbocycles. The van der Waals surface area contributed by atoms with Gasteiger partial charge in [0.15, 0.2) is 0 Å². The minimum atomic E-state index is -0.824. The predicted molar refractivity (Wildman–Crippen MR) is 191 cm³/mol. The minimum absolute atomic E-state index is 0.0471. The molecule has 3 rings (SSSR count). The van der Waals surface area contributed by atoms with Crippen molar-refractivity contribution in [3.8, 4) is 23.0 Å². The molecule has 0 saturated carbocycles. The average molecular weight is 721 g/mol. The molecule has 0 saturated heterocycles. The van der Waals surface area contributed by atoms with Gasteiger partial charge in [-0.2, -0.15) is 0 Å². The first-order chi connectivity index (χ1) is 25.2. The molecule has 0 amide bonds. The number of carboxylic acid groups (broad SMARTS) is 2. The average Bonchev–Trinajstić information content (AvgIpc) is 3.13. The molecule has 12 nitrogen and oxygen atoms in total. The number of rotatable bonds is 25. The number of ether oxygens (including phenoxy) is 5. The molecule has 0 aromatic heterocycles. The molecule has 0 spiro atoms. The van der Waals surface area contributed by atoms with E-state index in [1.807, 2.05) is 0 Å². The SMILES string of the molecule is CCCCCCCOC(=O)c1cc(OC(=O)c2ccc(OCCCCCC(=O)O)cc2)ccc1OC(=O)c1ccc(OCCCCCC(=O)O)cc1. The lowest BCUT2D eigenvalue weighted by Gasteiger charge is -2.13. The molecule has 0 fully saturated rings.